The molecule has 0 saturated heterocycles. The zero-order chi connectivity index (χ0) is 22.5. The fourth-order valence-corrected chi connectivity index (χ4v) is 3.80. The standard InChI is InChI=1S/C24H21ClN4O2S/c1-31-21-7-8-22-17(11-21)10-18(23(30)28-22)15-29(14-16-4-3-9-26-13-16)24(32)27-20-6-2-5-19(25)12-20/h2-13H,14-15H2,1H3,(H,27,32)(H,28,30). The molecule has 0 aliphatic carbocycles. The number of methoxy groups -OCH3 is 1. The molecule has 0 spiro atoms. The first kappa shape index (κ1) is 21.8. The van der Waals surface area contributed by atoms with Crippen LogP contribution in [0, 0.1) is 0 Å². The van der Waals surface area contributed by atoms with E-state index in [1.165, 1.54) is 0 Å². The lowest BCUT2D eigenvalue weighted by atomic mass is 10.1. The first-order chi connectivity index (χ1) is 15.5. The summed E-state index contributed by atoms with van der Waals surface area (Å²) >= 11 is 11.8. The molecule has 0 aliphatic rings. The van der Waals surface area contributed by atoms with Crippen molar-refractivity contribution in [2.75, 3.05) is 12.4 Å². The Morgan fingerprint density at radius 3 is 2.78 bits per heavy atom. The highest BCUT2D eigenvalue weighted by Crippen LogP contribution is 2.20. The topological polar surface area (TPSA) is 70.2 Å². The van der Waals surface area contributed by atoms with Crippen molar-refractivity contribution in [2.24, 2.45) is 0 Å². The minimum absolute atomic E-state index is 0.163. The summed E-state index contributed by atoms with van der Waals surface area (Å²) in [5.41, 5.74) is 2.92. The molecule has 0 saturated carbocycles. The molecule has 6 nitrogen and oxygen atoms in total. The number of fused-ring (bicyclic) bond motifs is 1. The summed E-state index contributed by atoms with van der Waals surface area (Å²) in [5, 5.41) is 5.18. The number of ether oxygens (including phenoxy) is 1. The number of nitrogens with zero attached hydrogens (tertiary/aromatic N) is 2. The lowest BCUT2D eigenvalue weighted by Crippen LogP contribution is -2.35. The molecule has 2 N–H and O–H groups in total. The van der Waals surface area contributed by atoms with Gasteiger partial charge in [-0.05, 0) is 66.3 Å². The van der Waals surface area contributed by atoms with E-state index in [1.807, 2.05) is 53.4 Å². The monoisotopic (exact) mass is 464 g/mol. The lowest BCUT2D eigenvalue weighted by Gasteiger charge is -2.26. The minimum atomic E-state index is -0.163. The SMILES string of the molecule is COc1ccc2[nH]c(=O)c(CN(Cc3cccnc3)C(=S)Nc3cccc(Cl)c3)cc2c1. The number of benzene rings is 2. The van der Waals surface area contributed by atoms with Gasteiger partial charge in [0.1, 0.15) is 5.75 Å². The molecule has 2 aromatic heterocycles. The number of pyridine rings is 2. The fraction of sp³-hybridized carbons (Fsp3) is 0.125. The molecule has 0 bridgehead atoms. The van der Waals surface area contributed by atoms with Crippen molar-refractivity contribution < 1.29 is 4.74 Å². The molecule has 4 rings (SSSR count). The predicted octanol–water partition coefficient (Wildman–Crippen LogP) is 4.98. The third-order valence-electron chi connectivity index (χ3n) is 4.95. The van der Waals surface area contributed by atoms with Crippen LogP contribution < -0.4 is 15.6 Å². The number of thiocarbonyl (C=S) groups is 1. The Morgan fingerprint density at radius 2 is 2.03 bits per heavy atom. The van der Waals surface area contributed by atoms with E-state index in [9.17, 15) is 4.79 Å². The maximum Gasteiger partial charge on any atom is 0.253 e. The van der Waals surface area contributed by atoms with E-state index >= 15 is 0 Å². The summed E-state index contributed by atoms with van der Waals surface area (Å²) in [7, 11) is 1.61. The average Bonchev–Trinajstić information content (AvgIpc) is 2.79. The first-order valence-electron chi connectivity index (χ1n) is 9.92. The highest BCUT2D eigenvalue weighted by Gasteiger charge is 2.15. The van der Waals surface area contributed by atoms with Crippen LogP contribution in [0.15, 0.2) is 77.9 Å². The number of aromatic nitrogens is 2. The second kappa shape index (κ2) is 9.80. The largest absolute Gasteiger partial charge is 0.497 e. The molecule has 0 unspecified atom stereocenters. The Labute approximate surface area is 195 Å². The number of aromatic amines is 1. The average molecular weight is 465 g/mol. The number of hydrogen-bond donors (Lipinski definition) is 2. The fourth-order valence-electron chi connectivity index (χ4n) is 3.36. The van der Waals surface area contributed by atoms with Gasteiger partial charge in [0, 0.05) is 46.1 Å². The summed E-state index contributed by atoms with van der Waals surface area (Å²) in [6.45, 7) is 0.791. The molecule has 32 heavy (non-hydrogen) atoms. The predicted molar refractivity (Wildman–Crippen MR) is 132 cm³/mol. The Morgan fingerprint density at radius 1 is 1.16 bits per heavy atom. The van der Waals surface area contributed by atoms with Crippen molar-refractivity contribution in [3.05, 3.63) is 99.6 Å². The Bertz CT molecular complexity index is 1310. The number of nitrogens with one attached hydrogen (secondary N) is 2. The van der Waals surface area contributed by atoms with Crippen LogP contribution >= 0.6 is 23.8 Å². The van der Waals surface area contributed by atoms with Crippen LogP contribution in [0.1, 0.15) is 11.1 Å². The molecular formula is C24H21ClN4O2S. The second-order valence-electron chi connectivity index (χ2n) is 7.23. The third kappa shape index (κ3) is 5.25. The zero-order valence-electron chi connectivity index (χ0n) is 17.3. The highest BCUT2D eigenvalue weighted by molar-refractivity contribution is 7.80. The molecule has 0 radical (unpaired) electrons. The Kier molecular flexibility index (Phi) is 6.68. The van der Waals surface area contributed by atoms with E-state index in [2.05, 4.69) is 15.3 Å². The lowest BCUT2D eigenvalue weighted by molar-refractivity contribution is 0.410. The van der Waals surface area contributed by atoms with Gasteiger partial charge < -0.3 is 19.9 Å². The van der Waals surface area contributed by atoms with Crippen LogP contribution in [0.4, 0.5) is 5.69 Å². The second-order valence-corrected chi connectivity index (χ2v) is 8.06. The molecule has 0 aliphatic heterocycles. The van der Waals surface area contributed by atoms with E-state index in [-0.39, 0.29) is 5.56 Å². The molecule has 4 aromatic rings. The molecular weight excluding hydrogens is 444 g/mol. The third-order valence-corrected chi connectivity index (χ3v) is 5.54. The Balaban J connectivity index is 1.65. The quantitative estimate of drug-likeness (QED) is 0.392. The van der Waals surface area contributed by atoms with E-state index in [1.54, 1.807) is 31.6 Å². The van der Waals surface area contributed by atoms with Gasteiger partial charge in [0.2, 0.25) is 0 Å². The van der Waals surface area contributed by atoms with Gasteiger partial charge >= 0.3 is 0 Å². The van der Waals surface area contributed by atoms with Crippen LogP contribution in [0.3, 0.4) is 0 Å². The van der Waals surface area contributed by atoms with Crippen molar-refractivity contribution in [3.8, 4) is 5.75 Å². The Hall–Kier alpha value is -3.42. The maximum atomic E-state index is 12.8. The maximum absolute atomic E-state index is 12.8. The summed E-state index contributed by atoms with van der Waals surface area (Å²) in [6, 6.07) is 18.6. The van der Waals surface area contributed by atoms with Crippen molar-refractivity contribution in [1.29, 1.82) is 0 Å². The number of hydrogen-bond acceptors (Lipinski definition) is 4. The summed E-state index contributed by atoms with van der Waals surface area (Å²) in [6.07, 6.45) is 3.50. The van der Waals surface area contributed by atoms with E-state index in [4.69, 9.17) is 28.6 Å². The van der Waals surface area contributed by atoms with Gasteiger partial charge in [-0.15, -0.1) is 0 Å². The van der Waals surface area contributed by atoms with Crippen molar-refractivity contribution in [3.63, 3.8) is 0 Å². The number of halogens is 1. The van der Waals surface area contributed by atoms with Gasteiger partial charge in [-0.3, -0.25) is 9.78 Å². The number of anilines is 1. The highest BCUT2D eigenvalue weighted by atomic mass is 35.5. The van der Waals surface area contributed by atoms with Crippen LogP contribution in [0.5, 0.6) is 5.75 Å². The van der Waals surface area contributed by atoms with Crippen molar-refractivity contribution >= 4 is 45.5 Å². The van der Waals surface area contributed by atoms with E-state index < -0.39 is 0 Å². The van der Waals surface area contributed by atoms with Crippen LogP contribution in [0.25, 0.3) is 10.9 Å². The smallest absolute Gasteiger partial charge is 0.253 e. The normalized spacial score (nSPS) is 10.7. The van der Waals surface area contributed by atoms with Crippen molar-refractivity contribution in [2.45, 2.75) is 13.1 Å². The minimum Gasteiger partial charge on any atom is -0.497 e. The van der Waals surface area contributed by atoms with E-state index in [0.717, 1.165) is 27.9 Å². The van der Waals surface area contributed by atoms with Gasteiger partial charge in [-0.2, -0.15) is 0 Å². The van der Waals surface area contributed by atoms with Gasteiger partial charge in [-0.25, -0.2) is 0 Å². The van der Waals surface area contributed by atoms with Crippen LogP contribution in [0.2, 0.25) is 5.02 Å². The van der Waals surface area contributed by atoms with Gasteiger partial charge in [0.05, 0.1) is 13.7 Å². The molecule has 162 valence electrons. The summed E-state index contributed by atoms with van der Waals surface area (Å²) in [5.74, 6) is 0.723. The molecule has 0 atom stereocenters. The van der Waals surface area contributed by atoms with Gasteiger partial charge in [0.15, 0.2) is 5.11 Å². The van der Waals surface area contributed by atoms with Crippen molar-refractivity contribution in [1.82, 2.24) is 14.9 Å². The summed E-state index contributed by atoms with van der Waals surface area (Å²) in [4.78, 5) is 21.8. The zero-order valence-corrected chi connectivity index (χ0v) is 18.9. The number of H-pyrrole nitrogens is 1. The van der Waals surface area contributed by atoms with E-state index in [0.29, 0.717) is 28.8 Å². The first-order valence-corrected chi connectivity index (χ1v) is 10.7. The van der Waals surface area contributed by atoms with Gasteiger partial charge in [-0.1, -0.05) is 23.7 Å². The molecule has 2 heterocycles. The summed E-state index contributed by atoms with van der Waals surface area (Å²) < 4.78 is 5.32. The van der Waals surface area contributed by atoms with Gasteiger partial charge in [0.25, 0.3) is 5.56 Å². The number of rotatable bonds is 6. The van der Waals surface area contributed by atoms with Crippen LogP contribution in [-0.2, 0) is 13.1 Å². The van der Waals surface area contributed by atoms with Crippen LogP contribution in [-0.4, -0.2) is 27.1 Å². The molecule has 2 aromatic carbocycles. The molecule has 0 fully saturated rings. The molecule has 0 amide bonds. The molecule has 8 heteroatoms.